The van der Waals surface area contributed by atoms with Gasteiger partial charge in [0.05, 0.1) is 0 Å². The fourth-order valence-electron chi connectivity index (χ4n) is 1.98. The summed E-state index contributed by atoms with van der Waals surface area (Å²) in [6, 6.07) is 0. The van der Waals surface area contributed by atoms with E-state index in [2.05, 4.69) is 35.4 Å². The highest BCUT2D eigenvalue weighted by atomic mass is 15.1. The molecular formula is C12H15N. The maximum Gasteiger partial charge on any atom is 0.00682 e. The van der Waals surface area contributed by atoms with Crippen LogP contribution in [0.25, 0.3) is 0 Å². The summed E-state index contributed by atoms with van der Waals surface area (Å²) in [5.74, 6) is 0.692. The quantitative estimate of drug-likeness (QED) is 0.578. The van der Waals surface area contributed by atoms with E-state index in [1.54, 1.807) is 0 Å². The molecule has 1 heteroatoms. The lowest BCUT2D eigenvalue weighted by atomic mass is 9.98. The molecule has 1 unspecified atom stereocenters. The molecule has 0 N–H and O–H groups in total. The fraction of sp³-hybridized carbons (Fsp3) is 0.500. The van der Waals surface area contributed by atoms with Crippen LogP contribution in [0.15, 0.2) is 35.3 Å². The maximum absolute atomic E-state index is 3.20. The van der Waals surface area contributed by atoms with Gasteiger partial charge in [0.2, 0.25) is 0 Å². The topological polar surface area (TPSA) is 3.24 Å². The van der Waals surface area contributed by atoms with Gasteiger partial charge in [-0.2, -0.15) is 0 Å². The smallest absolute Gasteiger partial charge is 0.00682 e. The highest BCUT2D eigenvalue weighted by Crippen LogP contribution is 2.24. The Bertz CT molecular complexity index is 312. The lowest BCUT2D eigenvalue weighted by molar-refractivity contribution is 0.350. The highest BCUT2D eigenvalue weighted by Gasteiger charge is 2.23. The average Bonchev–Trinajstić information content (AvgIpc) is 2.67. The first-order valence-corrected chi connectivity index (χ1v) is 5.00. The maximum atomic E-state index is 3.20. The molecule has 68 valence electrons. The second-order valence-corrected chi connectivity index (χ2v) is 3.63. The molecule has 0 bridgehead atoms. The molecule has 0 spiro atoms. The zero-order chi connectivity index (χ0) is 9.10. The van der Waals surface area contributed by atoms with Crippen LogP contribution >= 0.6 is 0 Å². The van der Waals surface area contributed by atoms with Crippen LogP contribution in [0, 0.1) is 5.92 Å². The Morgan fingerprint density at radius 2 is 2.54 bits per heavy atom. The molecule has 0 radical (unpaired) electrons. The zero-order valence-electron chi connectivity index (χ0n) is 8.09. The first-order valence-electron chi connectivity index (χ1n) is 5.00. The average molecular weight is 173 g/mol. The first-order chi connectivity index (χ1) is 6.40. The third-order valence-corrected chi connectivity index (χ3v) is 2.83. The standard InChI is InChI=1S/C12H15N/c1-2-13-9-8-12(10-13)11-6-4-3-5-7-11/h3-4,6,12H,2,8-10H2,1H3. The van der Waals surface area contributed by atoms with Crippen molar-refractivity contribution >= 4 is 0 Å². The van der Waals surface area contributed by atoms with Crippen molar-refractivity contribution in [2.75, 3.05) is 19.6 Å². The predicted molar refractivity (Wildman–Crippen MR) is 54.5 cm³/mol. The molecule has 1 aliphatic carbocycles. The van der Waals surface area contributed by atoms with Crippen molar-refractivity contribution in [1.29, 1.82) is 0 Å². The molecule has 1 atom stereocenters. The molecule has 2 rings (SSSR count). The lowest BCUT2D eigenvalue weighted by Gasteiger charge is -2.12. The van der Waals surface area contributed by atoms with Gasteiger partial charge < -0.3 is 4.90 Å². The van der Waals surface area contributed by atoms with Crippen molar-refractivity contribution in [2.45, 2.75) is 13.3 Å². The second-order valence-electron chi connectivity index (χ2n) is 3.63. The van der Waals surface area contributed by atoms with Gasteiger partial charge in [0.25, 0.3) is 0 Å². The summed E-state index contributed by atoms with van der Waals surface area (Å²) >= 11 is 0. The minimum absolute atomic E-state index is 0.692. The Kier molecular flexibility index (Phi) is 2.52. The van der Waals surface area contributed by atoms with Gasteiger partial charge in [0.15, 0.2) is 0 Å². The van der Waals surface area contributed by atoms with Crippen LogP contribution in [-0.2, 0) is 0 Å². The van der Waals surface area contributed by atoms with Gasteiger partial charge in [0.1, 0.15) is 0 Å². The van der Waals surface area contributed by atoms with Crippen LogP contribution in [0.1, 0.15) is 13.3 Å². The van der Waals surface area contributed by atoms with Crippen molar-refractivity contribution in [2.24, 2.45) is 5.92 Å². The number of nitrogens with zero attached hydrogens (tertiary/aromatic N) is 1. The SMILES string of the molecule is CCN1CCC(C2=C=C=CC=C2)C1. The molecule has 1 nitrogen and oxygen atoms in total. The summed E-state index contributed by atoms with van der Waals surface area (Å²) < 4.78 is 0. The Morgan fingerprint density at radius 1 is 1.62 bits per heavy atom. The monoisotopic (exact) mass is 173 g/mol. The normalized spacial score (nSPS) is 26.8. The molecule has 1 aliphatic heterocycles. The molecule has 0 aromatic carbocycles. The number of allylic oxidation sites excluding steroid dienone is 3. The molecule has 0 aromatic rings. The minimum atomic E-state index is 0.692. The van der Waals surface area contributed by atoms with E-state index < -0.39 is 0 Å². The van der Waals surface area contributed by atoms with E-state index in [9.17, 15) is 0 Å². The van der Waals surface area contributed by atoms with E-state index in [1.807, 2.05) is 6.08 Å². The van der Waals surface area contributed by atoms with Crippen molar-refractivity contribution in [3.8, 4) is 0 Å². The molecule has 0 aromatic heterocycles. The Balaban J connectivity index is 2.08. The van der Waals surface area contributed by atoms with E-state index in [0.717, 1.165) is 0 Å². The van der Waals surface area contributed by atoms with E-state index >= 15 is 0 Å². The van der Waals surface area contributed by atoms with Gasteiger partial charge in [-0.1, -0.05) is 24.5 Å². The number of hydrogen-bond acceptors (Lipinski definition) is 1. The van der Waals surface area contributed by atoms with Crippen molar-refractivity contribution in [3.05, 3.63) is 35.3 Å². The minimum Gasteiger partial charge on any atom is -0.303 e. The van der Waals surface area contributed by atoms with Crippen molar-refractivity contribution < 1.29 is 0 Å². The van der Waals surface area contributed by atoms with Crippen molar-refractivity contribution in [1.82, 2.24) is 4.90 Å². The molecular weight excluding hydrogens is 158 g/mol. The summed E-state index contributed by atoms with van der Waals surface area (Å²) in [4.78, 5) is 2.49. The Labute approximate surface area is 79.7 Å². The summed E-state index contributed by atoms with van der Waals surface area (Å²) in [6.45, 7) is 5.84. The molecule has 1 fully saturated rings. The third-order valence-electron chi connectivity index (χ3n) is 2.83. The van der Waals surface area contributed by atoms with Gasteiger partial charge >= 0.3 is 0 Å². The second kappa shape index (κ2) is 3.81. The largest absolute Gasteiger partial charge is 0.303 e. The van der Waals surface area contributed by atoms with Gasteiger partial charge in [-0.05, 0) is 31.7 Å². The molecule has 0 amide bonds. The van der Waals surface area contributed by atoms with Crippen molar-refractivity contribution in [3.63, 3.8) is 0 Å². The Morgan fingerprint density at radius 3 is 3.15 bits per heavy atom. The van der Waals surface area contributed by atoms with Gasteiger partial charge in [-0.25, -0.2) is 0 Å². The molecule has 13 heavy (non-hydrogen) atoms. The van der Waals surface area contributed by atoms with E-state index in [0.29, 0.717) is 5.92 Å². The van der Waals surface area contributed by atoms with Crippen LogP contribution in [-0.4, -0.2) is 24.5 Å². The van der Waals surface area contributed by atoms with E-state index in [4.69, 9.17) is 0 Å². The number of hydrogen-bond donors (Lipinski definition) is 0. The van der Waals surface area contributed by atoms with Crippen LogP contribution < -0.4 is 0 Å². The van der Waals surface area contributed by atoms with Gasteiger partial charge in [-0.3, -0.25) is 0 Å². The number of likely N-dealkylation sites (tertiary alicyclic amines) is 1. The summed E-state index contributed by atoms with van der Waals surface area (Å²) in [5, 5.41) is 0. The highest BCUT2D eigenvalue weighted by molar-refractivity contribution is 5.28. The summed E-state index contributed by atoms with van der Waals surface area (Å²) in [7, 11) is 0. The Hall–Kier alpha value is -1.00. The predicted octanol–water partition coefficient (Wildman–Crippen LogP) is 2.13. The van der Waals surface area contributed by atoms with Crippen LogP contribution in [0.3, 0.4) is 0 Å². The fourth-order valence-corrected chi connectivity index (χ4v) is 1.98. The van der Waals surface area contributed by atoms with Crippen LogP contribution in [0.4, 0.5) is 0 Å². The summed E-state index contributed by atoms with van der Waals surface area (Å²) in [6.07, 6.45) is 7.42. The first kappa shape index (κ1) is 8.59. The molecule has 0 saturated carbocycles. The third kappa shape index (κ3) is 1.84. The van der Waals surface area contributed by atoms with E-state index in [1.165, 1.54) is 31.6 Å². The van der Waals surface area contributed by atoms with Gasteiger partial charge in [0, 0.05) is 18.0 Å². The van der Waals surface area contributed by atoms with E-state index in [-0.39, 0.29) is 0 Å². The number of rotatable bonds is 2. The molecule has 1 saturated heterocycles. The van der Waals surface area contributed by atoms with Crippen LogP contribution in [0.2, 0.25) is 0 Å². The zero-order valence-corrected chi connectivity index (χ0v) is 8.09. The lowest BCUT2D eigenvalue weighted by Crippen LogP contribution is -2.20. The van der Waals surface area contributed by atoms with Crippen LogP contribution in [0.5, 0.6) is 0 Å². The molecule has 1 heterocycles. The van der Waals surface area contributed by atoms with Gasteiger partial charge in [-0.15, -0.1) is 0 Å². The molecule has 2 aliphatic rings. The summed E-state index contributed by atoms with van der Waals surface area (Å²) in [5.41, 5.74) is 7.56.